The highest BCUT2D eigenvalue weighted by Gasteiger charge is 2.09. The van der Waals surface area contributed by atoms with E-state index in [4.69, 9.17) is 16.7 Å². The first-order chi connectivity index (χ1) is 7.66. The van der Waals surface area contributed by atoms with E-state index in [-0.39, 0.29) is 5.69 Å². The Morgan fingerprint density at radius 2 is 1.94 bits per heavy atom. The summed E-state index contributed by atoms with van der Waals surface area (Å²) < 4.78 is 4.35. The second kappa shape index (κ2) is 4.19. The third-order valence-corrected chi connectivity index (χ3v) is 2.00. The van der Waals surface area contributed by atoms with Crippen molar-refractivity contribution in [2.75, 3.05) is 0 Å². The smallest absolute Gasteiger partial charge is 0.338 e. The average molecular weight is 240 g/mol. The first kappa shape index (κ1) is 10.4. The maximum Gasteiger partial charge on any atom is 0.338 e. The van der Waals surface area contributed by atoms with Crippen LogP contribution in [-0.2, 0) is 0 Å². The van der Waals surface area contributed by atoms with E-state index in [9.17, 15) is 4.79 Å². The van der Waals surface area contributed by atoms with Gasteiger partial charge in [-0.3, -0.25) is 4.79 Å². The van der Waals surface area contributed by atoms with Gasteiger partial charge in [0.25, 0.3) is 0 Å². The summed E-state index contributed by atoms with van der Waals surface area (Å²) in [5, 5.41) is 18.9. The number of halogens is 1. The van der Waals surface area contributed by atoms with Gasteiger partial charge in [0, 0.05) is 5.02 Å². The van der Waals surface area contributed by atoms with Gasteiger partial charge in [-0.05, 0) is 24.3 Å². The van der Waals surface area contributed by atoms with Gasteiger partial charge in [-0.15, -0.1) is 5.11 Å². The van der Waals surface area contributed by atoms with Crippen LogP contribution in [0.25, 0.3) is 0 Å². The molecule has 0 radical (unpaired) electrons. The Balaban J connectivity index is 2.28. The van der Waals surface area contributed by atoms with Gasteiger partial charge in [-0.25, -0.2) is 0 Å². The van der Waals surface area contributed by atoms with Gasteiger partial charge in [-0.2, -0.15) is 10.3 Å². The van der Waals surface area contributed by atoms with Crippen molar-refractivity contribution in [2.24, 2.45) is 10.2 Å². The normalized spacial score (nSPS) is 11.1. The quantitative estimate of drug-likeness (QED) is 0.790. The molecular weight excluding hydrogens is 234 g/mol. The second-order valence-corrected chi connectivity index (χ2v) is 3.30. The minimum atomic E-state index is -0.643. The largest absolute Gasteiger partial charge is 0.478 e. The van der Waals surface area contributed by atoms with Crippen LogP contribution in [-0.4, -0.2) is 10.3 Å². The van der Waals surface area contributed by atoms with E-state index in [2.05, 4.69) is 14.8 Å². The molecule has 0 saturated carbocycles. The van der Waals surface area contributed by atoms with Crippen LogP contribution < -0.4 is 5.56 Å². The molecule has 0 bridgehead atoms. The molecule has 0 aliphatic rings. The molecular formula is C9H6ClN3O3. The Hall–Kier alpha value is -2.08. The van der Waals surface area contributed by atoms with E-state index in [1.54, 1.807) is 24.3 Å². The number of hydrogen-bond donors (Lipinski definition) is 2. The Kier molecular flexibility index (Phi) is 2.74. The van der Waals surface area contributed by atoms with E-state index < -0.39 is 11.5 Å². The molecule has 0 aliphatic heterocycles. The fraction of sp³-hybridized carbons (Fsp3) is 0. The zero-order valence-electron chi connectivity index (χ0n) is 7.85. The fourth-order valence-electron chi connectivity index (χ4n) is 0.992. The first-order valence-electron chi connectivity index (χ1n) is 4.24. The van der Waals surface area contributed by atoms with Crippen molar-refractivity contribution in [2.45, 2.75) is 0 Å². The summed E-state index contributed by atoms with van der Waals surface area (Å²) >= 11 is 5.68. The van der Waals surface area contributed by atoms with E-state index in [0.29, 0.717) is 10.7 Å². The molecule has 2 aromatic rings. The molecule has 0 spiro atoms. The van der Waals surface area contributed by atoms with E-state index in [1.165, 1.54) is 0 Å². The highest BCUT2D eigenvalue weighted by molar-refractivity contribution is 6.30. The first-order valence-corrected chi connectivity index (χ1v) is 4.62. The molecule has 0 atom stereocenters. The van der Waals surface area contributed by atoms with E-state index in [1.807, 2.05) is 5.16 Å². The molecule has 1 heterocycles. The predicted octanol–water partition coefficient (Wildman–Crippen LogP) is 2.74. The highest BCUT2D eigenvalue weighted by atomic mass is 35.5. The number of aromatic amines is 1. The standard InChI is InChI=1S/C9H6ClN3O3/c10-5-1-3-6(4-2-5)11-12-7-8(14)13-16-9(7)15/h1-4,15H,(H,13,14). The van der Waals surface area contributed by atoms with Crippen LogP contribution in [0.4, 0.5) is 11.4 Å². The lowest BCUT2D eigenvalue weighted by molar-refractivity contribution is 0.277. The summed E-state index contributed by atoms with van der Waals surface area (Å²) in [5.74, 6) is -0.595. The number of benzene rings is 1. The number of rotatable bonds is 2. The maximum atomic E-state index is 11.0. The average Bonchev–Trinajstić information content (AvgIpc) is 2.59. The van der Waals surface area contributed by atoms with Crippen LogP contribution >= 0.6 is 11.6 Å². The van der Waals surface area contributed by atoms with Crippen molar-refractivity contribution in [1.29, 1.82) is 0 Å². The van der Waals surface area contributed by atoms with Gasteiger partial charge in [0.2, 0.25) is 5.69 Å². The van der Waals surface area contributed by atoms with Crippen molar-refractivity contribution >= 4 is 23.0 Å². The van der Waals surface area contributed by atoms with Crippen molar-refractivity contribution in [1.82, 2.24) is 5.16 Å². The zero-order valence-corrected chi connectivity index (χ0v) is 8.60. The summed E-state index contributed by atoms with van der Waals surface area (Å²) in [5.41, 5.74) is -0.408. The van der Waals surface area contributed by atoms with Crippen LogP contribution in [0.3, 0.4) is 0 Å². The van der Waals surface area contributed by atoms with Crippen molar-refractivity contribution < 1.29 is 9.63 Å². The van der Waals surface area contributed by atoms with Crippen molar-refractivity contribution in [3.05, 3.63) is 39.6 Å². The molecule has 0 fully saturated rings. The molecule has 0 amide bonds. The van der Waals surface area contributed by atoms with Crippen LogP contribution in [0.15, 0.2) is 43.8 Å². The van der Waals surface area contributed by atoms with Crippen LogP contribution in [0.1, 0.15) is 0 Å². The van der Waals surface area contributed by atoms with Gasteiger partial charge in [0.05, 0.1) is 5.69 Å². The number of aromatic nitrogens is 1. The lowest BCUT2D eigenvalue weighted by Crippen LogP contribution is -1.95. The summed E-state index contributed by atoms with van der Waals surface area (Å²) in [4.78, 5) is 11.0. The molecule has 7 heteroatoms. The minimum absolute atomic E-state index is 0.269. The van der Waals surface area contributed by atoms with E-state index >= 15 is 0 Å². The lowest BCUT2D eigenvalue weighted by Gasteiger charge is -1.90. The Morgan fingerprint density at radius 1 is 1.25 bits per heavy atom. The third-order valence-electron chi connectivity index (χ3n) is 1.75. The van der Waals surface area contributed by atoms with Gasteiger partial charge >= 0.3 is 11.5 Å². The topological polar surface area (TPSA) is 91.0 Å². The minimum Gasteiger partial charge on any atom is -0.478 e. The Bertz CT molecular complexity index is 570. The SMILES string of the molecule is O=c1[nH]oc(O)c1N=Nc1ccc(Cl)cc1. The molecule has 1 aromatic carbocycles. The summed E-state index contributed by atoms with van der Waals surface area (Å²) in [6, 6.07) is 6.51. The number of nitrogens with one attached hydrogen (secondary N) is 1. The molecule has 82 valence electrons. The number of azo groups is 1. The fourth-order valence-corrected chi connectivity index (χ4v) is 1.12. The molecule has 0 aliphatic carbocycles. The third kappa shape index (κ3) is 2.12. The molecule has 1 aromatic heterocycles. The predicted molar refractivity (Wildman–Crippen MR) is 56.6 cm³/mol. The summed E-state index contributed by atoms with van der Waals surface area (Å²) in [7, 11) is 0. The molecule has 0 unspecified atom stereocenters. The lowest BCUT2D eigenvalue weighted by atomic mass is 10.3. The van der Waals surface area contributed by atoms with Crippen molar-refractivity contribution in [3.8, 4) is 5.95 Å². The zero-order chi connectivity index (χ0) is 11.5. The van der Waals surface area contributed by atoms with Gasteiger partial charge < -0.3 is 9.63 Å². The monoisotopic (exact) mass is 239 g/mol. The number of hydrogen-bond acceptors (Lipinski definition) is 5. The highest BCUT2D eigenvalue weighted by Crippen LogP contribution is 2.23. The summed E-state index contributed by atoms with van der Waals surface area (Å²) in [6.07, 6.45) is 0. The molecule has 16 heavy (non-hydrogen) atoms. The maximum absolute atomic E-state index is 11.0. The Labute approximate surface area is 94.2 Å². The Morgan fingerprint density at radius 3 is 2.50 bits per heavy atom. The molecule has 0 saturated heterocycles. The van der Waals surface area contributed by atoms with E-state index in [0.717, 1.165) is 0 Å². The van der Waals surface area contributed by atoms with Crippen LogP contribution in [0.2, 0.25) is 5.02 Å². The number of H-pyrrole nitrogens is 1. The van der Waals surface area contributed by atoms with Crippen LogP contribution in [0, 0.1) is 0 Å². The number of aromatic hydroxyl groups is 1. The van der Waals surface area contributed by atoms with Crippen molar-refractivity contribution in [3.63, 3.8) is 0 Å². The molecule has 2 N–H and O–H groups in total. The van der Waals surface area contributed by atoms with Gasteiger partial charge in [0.15, 0.2) is 0 Å². The van der Waals surface area contributed by atoms with Gasteiger partial charge in [0.1, 0.15) is 0 Å². The van der Waals surface area contributed by atoms with Crippen LogP contribution in [0.5, 0.6) is 5.95 Å². The number of nitrogens with zero attached hydrogens (tertiary/aromatic N) is 2. The second-order valence-electron chi connectivity index (χ2n) is 2.86. The summed E-state index contributed by atoms with van der Waals surface area (Å²) in [6.45, 7) is 0. The molecule has 6 nitrogen and oxygen atoms in total. The molecule has 2 rings (SSSR count). The van der Waals surface area contributed by atoms with Gasteiger partial charge in [-0.1, -0.05) is 11.6 Å².